The normalized spacial score (nSPS) is 11.6. The topological polar surface area (TPSA) is 81.3 Å². The molecule has 0 amide bonds. The molecule has 3 aromatic rings. The van der Waals surface area contributed by atoms with Crippen molar-refractivity contribution < 1.29 is 23.0 Å². The number of aromatic hydroxyl groups is 1. The fourth-order valence-corrected chi connectivity index (χ4v) is 2.19. The molecule has 8 heteroatoms. The molecule has 5 nitrogen and oxygen atoms in total. The van der Waals surface area contributed by atoms with Crippen LogP contribution in [-0.2, 0) is 0 Å². The van der Waals surface area contributed by atoms with Gasteiger partial charge in [-0.3, -0.25) is 0 Å². The molecule has 23 heavy (non-hydrogen) atoms. The average Bonchev–Trinajstić information content (AvgIpc) is 2.48. The van der Waals surface area contributed by atoms with E-state index in [-0.39, 0.29) is 17.1 Å². The maximum atomic E-state index is 12.3. The SMILES string of the molecule is Nc1ncnc2ccc(-c3cc(OC(F)(F)F)ccc3O)cc12. The molecule has 2 aromatic carbocycles. The lowest BCUT2D eigenvalue weighted by atomic mass is 10.0. The van der Waals surface area contributed by atoms with Crippen molar-refractivity contribution in [1.82, 2.24) is 9.97 Å². The predicted molar refractivity (Wildman–Crippen MR) is 77.7 cm³/mol. The van der Waals surface area contributed by atoms with Gasteiger partial charge >= 0.3 is 6.36 Å². The lowest BCUT2D eigenvalue weighted by molar-refractivity contribution is -0.274. The first kappa shape index (κ1) is 14.9. The number of halogens is 3. The number of rotatable bonds is 2. The van der Waals surface area contributed by atoms with Gasteiger partial charge in [0.15, 0.2) is 0 Å². The number of nitrogens with two attached hydrogens (primary N) is 1. The highest BCUT2D eigenvalue weighted by Gasteiger charge is 2.31. The van der Waals surface area contributed by atoms with Crippen LogP contribution in [0.5, 0.6) is 11.5 Å². The van der Waals surface area contributed by atoms with Gasteiger partial charge in [0, 0.05) is 10.9 Å². The highest BCUT2D eigenvalue weighted by molar-refractivity contribution is 5.92. The quantitative estimate of drug-likeness (QED) is 0.755. The summed E-state index contributed by atoms with van der Waals surface area (Å²) in [5.41, 5.74) is 6.99. The Kier molecular flexibility index (Phi) is 3.44. The second-order valence-electron chi connectivity index (χ2n) is 4.72. The fraction of sp³-hybridized carbons (Fsp3) is 0.0667. The number of alkyl halides is 3. The lowest BCUT2D eigenvalue weighted by Crippen LogP contribution is -2.17. The van der Waals surface area contributed by atoms with Gasteiger partial charge in [-0.2, -0.15) is 0 Å². The van der Waals surface area contributed by atoms with E-state index < -0.39 is 12.1 Å². The highest BCUT2D eigenvalue weighted by Crippen LogP contribution is 2.36. The number of ether oxygens (including phenoxy) is 1. The van der Waals surface area contributed by atoms with Crippen molar-refractivity contribution in [1.29, 1.82) is 0 Å². The molecule has 0 bridgehead atoms. The van der Waals surface area contributed by atoms with E-state index >= 15 is 0 Å². The number of fused-ring (bicyclic) bond motifs is 1. The van der Waals surface area contributed by atoms with E-state index in [1.807, 2.05) is 0 Å². The summed E-state index contributed by atoms with van der Waals surface area (Å²) in [7, 11) is 0. The minimum atomic E-state index is -4.81. The molecule has 0 radical (unpaired) electrons. The monoisotopic (exact) mass is 321 g/mol. The maximum absolute atomic E-state index is 12.3. The predicted octanol–water partition coefficient (Wildman–Crippen LogP) is 3.48. The Labute approximate surface area is 128 Å². The van der Waals surface area contributed by atoms with Gasteiger partial charge in [0.05, 0.1) is 5.52 Å². The zero-order valence-corrected chi connectivity index (χ0v) is 11.5. The summed E-state index contributed by atoms with van der Waals surface area (Å²) in [5, 5.41) is 10.5. The average molecular weight is 321 g/mol. The molecule has 0 spiro atoms. The molecule has 0 fully saturated rings. The molecule has 0 unspecified atom stereocenters. The van der Waals surface area contributed by atoms with Crippen molar-refractivity contribution in [2.75, 3.05) is 5.73 Å². The van der Waals surface area contributed by atoms with Crippen molar-refractivity contribution >= 4 is 16.7 Å². The maximum Gasteiger partial charge on any atom is 0.573 e. The van der Waals surface area contributed by atoms with E-state index in [1.165, 1.54) is 6.33 Å². The summed E-state index contributed by atoms with van der Waals surface area (Å²) in [4.78, 5) is 7.90. The standard InChI is InChI=1S/C15H10F3N3O2/c16-15(17,18)23-9-2-4-13(22)10(6-9)8-1-3-12-11(5-8)14(19)21-7-20-12/h1-7,22H,(H2,19,20,21). The first-order chi connectivity index (χ1) is 10.8. The summed E-state index contributed by atoms with van der Waals surface area (Å²) in [6.45, 7) is 0. The van der Waals surface area contributed by atoms with Gasteiger partial charge in [0.25, 0.3) is 0 Å². The zero-order valence-electron chi connectivity index (χ0n) is 11.5. The highest BCUT2D eigenvalue weighted by atomic mass is 19.4. The van der Waals surface area contributed by atoms with Crippen LogP contribution in [-0.4, -0.2) is 21.4 Å². The fourth-order valence-electron chi connectivity index (χ4n) is 2.19. The second kappa shape index (κ2) is 5.31. The molecule has 118 valence electrons. The first-order valence-electron chi connectivity index (χ1n) is 6.43. The Balaban J connectivity index is 2.10. The molecule has 0 saturated carbocycles. The molecule has 0 aliphatic heterocycles. The molecule has 3 rings (SSSR count). The smallest absolute Gasteiger partial charge is 0.507 e. The van der Waals surface area contributed by atoms with Crippen LogP contribution in [0.2, 0.25) is 0 Å². The minimum Gasteiger partial charge on any atom is -0.507 e. The van der Waals surface area contributed by atoms with E-state index in [4.69, 9.17) is 5.73 Å². The van der Waals surface area contributed by atoms with Crippen LogP contribution in [0.3, 0.4) is 0 Å². The minimum absolute atomic E-state index is 0.178. The number of anilines is 1. The Hall–Kier alpha value is -3.03. The lowest BCUT2D eigenvalue weighted by Gasteiger charge is -2.12. The van der Waals surface area contributed by atoms with Crippen LogP contribution in [0.4, 0.5) is 19.0 Å². The van der Waals surface area contributed by atoms with E-state index in [2.05, 4.69) is 14.7 Å². The van der Waals surface area contributed by atoms with Crippen molar-refractivity contribution in [2.24, 2.45) is 0 Å². The largest absolute Gasteiger partial charge is 0.573 e. The summed E-state index contributed by atoms with van der Waals surface area (Å²) in [6.07, 6.45) is -3.50. The van der Waals surface area contributed by atoms with Gasteiger partial charge in [-0.1, -0.05) is 6.07 Å². The Morgan fingerprint density at radius 3 is 2.57 bits per heavy atom. The summed E-state index contributed by atoms with van der Waals surface area (Å²) < 4.78 is 40.8. The van der Waals surface area contributed by atoms with Gasteiger partial charge in [0.2, 0.25) is 0 Å². The zero-order chi connectivity index (χ0) is 16.6. The van der Waals surface area contributed by atoms with Crippen LogP contribution in [0.25, 0.3) is 22.0 Å². The number of aromatic nitrogens is 2. The molecule has 0 saturated heterocycles. The van der Waals surface area contributed by atoms with Crippen LogP contribution < -0.4 is 10.5 Å². The van der Waals surface area contributed by atoms with Crippen LogP contribution in [0.1, 0.15) is 0 Å². The van der Waals surface area contributed by atoms with Crippen molar-refractivity contribution in [3.8, 4) is 22.6 Å². The molecular formula is C15H10F3N3O2. The van der Waals surface area contributed by atoms with Crippen LogP contribution in [0.15, 0.2) is 42.7 Å². The Morgan fingerprint density at radius 2 is 1.83 bits per heavy atom. The molecule has 1 heterocycles. The van der Waals surface area contributed by atoms with Crippen LogP contribution >= 0.6 is 0 Å². The summed E-state index contributed by atoms with van der Waals surface area (Å²) >= 11 is 0. The Morgan fingerprint density at radius 1 is 1.04 bits per heavy atom. The number of phenols is 1. The van der Waals surface area contributed by atoms with Gasteiger partial charge in [0.1, 0.15) is 23.6 Å². The number of phenolic OH excluding ortho intramolecular Hbond substituents is 1. The number of nitrogens with zero attached hydrogens (tertiary/aromatic N) is 2. The van der Waals surface area contributed by atoms with E-state index in [1.54, 1.807) is 18.2 Å². The van der Waals surface area contributed by atoms with Gasteiger partial charge < -0.3 is 15.6 Å². The van der Waals surface area contributed by atoms with Crippen molar-refractivity contribution in [3.63, 3.8) is 0 Å². The number of nitrogen functional groups attached to an aromatic ring is 1. The van der Waals surface area contributed by atoms with Crippen molar-refractivity contribution in [3.05, 3.63) is 42.7 Å². The molecule has 1 aromatic heterocycles. The summed E-state index contributed by atoms with van der Waals surface area (Å²) in [5.74, 6) is -0.379. The first-order valence-corrected chi connectivity index (χ1v) is 6.43. The van der Waals surface area contributed by atoms with Crippen molar-refractivity contribution in [2.45, 2.75) is 6.36 Å². The molecular weight excluding hydrogens is 311 g/mol. The number of hydrogen-bond donors (Lipinski definition) is 2. The van der Waals surface area contributed by atoms with Crippen LogP contribution in [0, 0.1) is 0 Å². The van der Waals surface area contributed by atoms with E-state index in [0.29, 0.717) is 16.5 Å². The number of hydrogen-bond acceptors (Lipinski definition) is 5. The van der Waals surface area contributed by atoms with Gasteiger partial charge in [-0.25, -0.2) is 9.97 Å². The molecule has 0 aliphatic carbocycles. The third-order valence-electron chi connectivity index (χ3n) is 3.18. The third-order valence-corrected chi connectivity index (χ3v) is 3.18. The third kappa shape index (κ3) is 3.10. The van der Waals surface area contributed by atoms with Gasteiger partial charge in [-0.15, -0.1) is 13.2 Å². The van der Waals surface area contributed by atoms with E-state index in [0.717, 1.165) is 18.2 Å². The molecule has 0 atom stereocenters. The Bertz CT molecular complexity index is 881. The molecule has 0 aliphatic rings. The second-order valence-corrected chi connectivity index (χ2v) is 4.72. The molecule has 3 N–H and O–H groups in total. The number of benzene rings is 2. The van der Waals surface area contributed by atoms with Gasteiger partial charge in [-0.05, 0) is 35.9 Å². The summed E-state index contributed by atoms with van der Waals surface area (Å²) in [6, 6.07) is 8.11. The van der Waals surface area contributed by atoms with E-state index in [9.17, 15) is 18.3 Å².